The Bertz CT molecular complexity index is 83.8. The van der Waals surface area contributed by atoms with E-state index in [9.17, 15) is 0 Å². The van der Waals surface area contributed by atoms with Gasteiger partial charge in [-0.3, -0.25) is 0 Å². The van der Waals surface area contributed by atoms with Crippen molar-refractivity contribution in [2.24, 2.45) is 5.73 Å². The van der Waals surface area contributed by atoms with Gasteiger partial charge in [0.05, 0.1) is 12.7 Å². The second-order valence-electron chi connectivity index (χ2n) is 2.27. The Hall–Kier alpha value is -0.160. The van der Waals surface area contributed by atoms with Crippen LogP contribution >= 0.6 is 0 Å². The quantitative estimate of drug-likeness (QED) is 0.495. The topological polar surface area (TPSA) is 56.5 Å². The molecule has 3 N–H and O–H groups in total. The third-order valence-corrected chi connectivity index (χ3v) is 1.38. The highest BCUT2D eigenvalue weighted by Crippen LogP contribution is 2.00. The van der Waals surface area contributed by atoms with Crippen molar-refractivity contribution in [1.82, 2.24) is 5.32 Å². The second-order valence-corrected chi connectivity index (χ2v) is 2.27. The standard InChI is InChI=1S/C6H14N2O2/c7-1-2-8-3-6-4-9-5-10-6/h6,8H,1-5,7H2. The van der Waals surface area contributed by atoms with Crippen molar-refractivity contribution in [1.29, 1.82) is 0 Å². The van der Waals surface area contributed by atoms with Crippen molar-refractivity contribution in [2.75, 3.05) is 33.0 Å². The fraction of sp³-hybridized carbons (Fsp3) is 1.00. The average Bonchev–Trinajstić information content (AvgIpc) is 2.41. The number of hydrogen-bond donors (Lipinski definition) is 2. The lowest BCUT2D eigenvalue weighted by Crippen LogP contribution is -2.31. The molecule has 1 aliphatic rings. The largest absolute Gasteiger partial charge is 0.353 e. The first-order valence-electron chi connectivity index (χ1n) is 3.53. The molecule has 1 fully saturated rings. The van der Waals surface area contributed by atoms with E-state index >= 15 is 0 Å². The summed E-state index contributed by atoms with van der Waals surface area (Å²) in [4.78, 5) is 0. The van der Waals surface area contributed by atoms with Gasteiger partial charge in [0.2, 0.25) is 0 Å². The zero-order valence-corrected chi connectivity index (χ0v) is 6.01. The summed E-state index contributed by atoms with van der Waals surface area (Å²) in [6, 6.07) is 0. The summed E-state index contributed by atoms with van der Waals surface area (Å²) in [6.45, 7) is 3.51. The molecule has 0 aromatic rings. The van der Waals surface area contributed by atoms with Gasteiger partial charge in [0, 0.05) is 19.6 Å². The van der Waals surface area contributed by atoms with Crippen molar-refractivity contribution in [3.63, 3.8) is 0 Å². The first kappa shape index (κ1) is 7.94. The molecule has 1 rings (SSSR count). The highest BCUT2D eigenvalue weighted by Gasteiger charge is 2.14. The van der Waals surface area contributed by atoms with Gasteiger partial charge < -0.3 is 20.5 Å². The molecule has 4 nitrogen and oxygen atoms in total. The zero-order valence-electron chi connectivity index (χ0n) is 6.01. The van der Waals surface area contributed by atoms with Crippen LogP contribution in [-0.2, 0) is 9.47 Å². The first-order valence-corrected chi connectivity index (χ1v) is 3.53. The Morgan fingerprint density at radius 2 is 2.50 bits per heavy atom. The molecule has 1 unspecified atom stereocenters. The van der Waals surface area contributed by atoms with Gasteiger partial charge in [0.15, 0.2) is 0 Å². The molecule has 0 radical (unpaired) electrons. The van der Waals surface area contributed by atoms with E-state index in [1.165, 1.54) is 0 Å². The fourth-order valence-corrected chi connectivity index (χ4v) is 0.855. The number of rotatable bonds is 4. The lowest BCUT2D eigenvalue weighted by atomic mass is 10.4. The third-order valence-electron chi connectivity index (χ3n) is 1.38. The Balaban J connectivity index is 1.91. The van der Waals surface area contributed by atoms with E-state index in [0.717, 1.165) is 13.1 Å². The van der Waals surface area contributed by atoms with Crippen LogP contribution in [0.5, 0.6) is 0 Å². The van der Waals surface area contributed by atoms with E-state index in [0.29, 0.717) is 19.9 Å². The van der Waals surface area contributed by atoms with Gasteiger partial charge in [-0.15, -0.1) is 0 Å². The summed E-state index contributed by atoms with van der Waals surface area (Å²) in [5, 5.41) is 3.15. The van der Waals surface area contributed by atoms with Crippen LogP contribution in [0, 0.1) is 0 Å². The van der Waals surface area contributed by atoms with E-state index in [1.807, 2.05) is 0 Å². The van der Waals surface area contributed by atoms with Crippen LogP contribution in [0.4, 0.5) is 0 Å². The predicted molar refractivity (Wildman–Crippen MR) is 37.6 cm³/mol. The van der Waals surface area contributed by atoms with Crippen LogP contribution in [0.25, 0.3) is 0 Å². The van der Waals surface area contributed by atoms with Crippen LogP contribution in [0.15, 0.2) is 0 Å². The maximum absolute atomic E-state index is 5.28. The molecule has 0 amide bonds. The number of hydrogen-bond acceptors (Lipinski definition) is 4. The van der Waals surface area contributed by atoms with E-state index < -0.39 is 0 Å². The maximum atomic E-state index is 5.28. The van der Waals surface area contributed by atoms with Crippen LogP contribution in [0.2, 0.25) is 0 Å². The Kier molecular flexibility index (Phi) is 3.67. The first-order chi connectivity index (χ1) is 4.93. The van der Waals surface area contributed by atoms with Crippen molar-refractivity contribution < 1.29 is 9.47 Å². The molecule has 10 heavy (non-hydrogen) atoms. The summed E-state index contributed by atoms with van der Waals surface area (Å²) in [5.41, 5.74) is 5.28. The molecule has 1 atom stereocenters. The molecule has 4 heteroatoms. The molecular weight excluding hydrogens is 132 g/mol. The summed E-state index contributed by atoms with van der Waals surface area (Å²) < 4.78 is 10.2. The van der Waals surface area contributed by atoms with Gasteiger partial charge in [0.25, 0.3) is 0 Å². The summed E-state index contributed by atoms with van der Waals surface area (Å²) >= 11 is 0. The van der Waals surface area contributed by atoms with Crippen molar-refractivity contribution >= 4 is 0 Å². The minimum atomic E-state index is 0.228. The molecule has 0 spiro atoms. The van der Waals surface area contributed by atoms with E-state index in [4.69, 9.17) is 15.2 Å². The van der Waals surface area contributed by atoms with Crippen molar-refractivity contribution in [2.45, 2.75) is 6.10 Å². The monoisotopic (exact) mass is 146 g/mol. The third kappa shape index (κ3) is 2.62. The number of nitrogens with one attached hydrogen (secondary N) is 1. The zero-order chi connectivity index (χ0) is 7.23. The summed E-state index contributed by atoms with van der Waals surface area (Å²) in [6.07, 6.45) is 0.228. The Morgan fingerprint density at radius 3 is 3.10 bits per heavy atom. The smallest absolute Gasteiger partial charge is 0.147 e. The van der Waals surface area contributed by atoms with Crippen LogP contribution in [0.3, 0.4) is 0 Å². The maximum Gasteiger partial charge on any atom is 0.147 e. The normalized spacial score (nSPS) is 25.5. The fourth-order valence-electron chi connectivity index (χ4n) is 0.855. The van der Waals surface area contributed by atoms with Crippen LogP contribution < -0.4 is 11.1 Å². The lowest BCUT2D eigenvalue weighted by Gasteiger charge is -2.06. The van der Waals surface area contributed by atoms with Crippen LogP contribution in [0.1, 0.15) is 0 Å². The molecule has 60 valence electrons. The van der Waals surface area contributed by atoms with Gasteiger partial charge in [-0.25, -0.2) is 0 Å². The van der Waals surface area contributed by atoms with Gasteiger partial charge in [-0.2, -0.15) is 0 Å². The van der Waals surface area contributed by atoms with Crippen molar-refractivity contribution in [3.8, 4) is 0 Å². The van der Waals surface area contributed by atoms with Crippen LogP contribution in [-0.4, -0.2) is 39.1 Å². The molecule has 0 aliphatic carbocycles. The molecule has 0 saturated carbocycles. The van der Waals surface area contributed by atoms with E-state index in [-0.39, 0.29) is 6.10 Å². The Morgan fingerprint density at radius 1 is 1.60 bits per heavy atom. The highest BCUT2D eigenvalue weighted by atomic mass is 16.7. The van der Waals surface area contributed by atoms with Gasteiger partial charge in [-0.1, -0.05) is 0 Å². The van der Waals surface area contributed by atoms with Gasteiger partial charge in [0.1, 0.15) is 6.79 Å². The molecule has 1 aliphatic heterocycles. The molecule has 1 saturated heterocycles. The molecule has 1 heterocycles. The number of ether oxygens (including phenoxy) is 2. The van der Waals surface area contributed by atoms with Gasteiger partial charge in [-0.05, 0) is 0 Å². The average molecular weight is 146 g/mol. The SMILES string of the molecule is NCCNCC1COCO1. The van der Waals surface area contributed by atoms with Crippen molar-refractivity contribution in [3.05, 3.63) is 0 Å². The lowest BCUT2D eigenvalue weighted by molar-refractivity contribution is 0.0470. The molecular formula is C6H14N2O2. The summed E-state index contributed by atoms with van der Waals surface area (Å²) in [7, 11) is 0. The summed E-state index contributed by atoms with van der Waals surface area (Å²) in [5.74, 6) is 0. The Labute approximate surface area is 60.7 Å². The number of nitrogens with two attached hydrogens (primary N) is 1. The minimum absolute atomic E-state index is 0.228. The highest BCUT2D eigenvalue weighted by molar-refractivity contribution is 4.63. The van der Waals surface area contributed by atoms with E-state index in [1.54, 1.807) is 0 Å². The molecule has 0 aromatic heterocycles. The second kappa shape index (κ2) is 4.62. The predicted octanol–water partition coefficient (Wildman–Crippen LogP) is -1.09. The molecule has 0 bridgehead atoms. The molecule has 0 aromatic carbocycles. The van der Waals surface area contributed by atoms with Gasteiger partial charge >= 0.3 is 0 Å². The minimum Gasteiger partial charge on any atom is -0.353 e. The van der Waals surface area contributed by atoms with E-state index in [2.05, 4.69) is 5.32 Å².